The fourth-order valence-electron chi connectivity index (χ4n) is 2.37. The van der Waals surface area contributed by atoms with Crippen molar-refractivity contribution in [3.63, 3.8) is 0 Å². The van der Waals surface area contributed by atoms with E-state index in [-0.39, 0.29) is 30.2 Å². The van der Waals surface area contributed by atoms with Crippen LogP contribution in [-0.2, 0) is 18.4 Å². The number of aryl methyl sites for hydroxylation is 1. The molecule has 2 N–H and O–H groups in total. The topological polar surface area (TPSA) is 106 Å². The van der Waals surface area contributed by atoms with Gasteiger partial charge in [-0.2, -0.15) is 5.10 Å². The normalized spacial score (nSPS) is 10.6. The minimum Gasteiger partial charge on any atom is -0.467 e. The highest BCUT2D eigenvalue weighted by Gasteiger charge is 2.16. The van der Waals surface area contributed by atoms with Crippen LogP contribution in [0, 0.1) is 0 Å². The zero-order valence-electron chi connectivity index (χ0n) is 13.5. The SMILES string of the molecule is Cn1nc(C(=O)NCC(=O)NCc2ccco2)c2ccccc2c1=O. The minimum absolute atomic E-state index is 0.0940. The molecule has 2 aromatic heterocycles. The Morgan fingerprint density at radius 2 is 1.88 bits per heavy atom. The molecule has 3 aromatic rings. The molecule has 128 valence electrons. The lowest BCUT2D eigenvalue weighted by atomic mass is 10.1. The molecule has 8 heteroatoms. The van der Waals surface area contributed by atoms with Gasteiger partial charge in [-0.05, 0) is 18.2 Å². The molecule has 0 aliphatic heterocycles. The van der Waals surface area contributed by atoms with Gasteiger partial charge in [0.1, 0.15) is 5.76 Å². The molecule has 2 heterocycles. The van der Waals surface area contributed by atoms with E-state index < -0.39 is 5.91 Å². The first-order valence-electron chi connectivity index (χ1n) is 7.59. The molecule has 0 fully saturated rings. The summed E-state index contributed by atoms with van der Waals surface area (Å²) in [6.07, 6.45) is 1.51. The van der Waals surface area contributed by atoms with Gasteiger partial charge in [0.25, 0.3) is 11.5 Å². The van der Waals surface area contributed by atoms with Gasteiger partial charge >= 0.3 is 0 Å². The van der Waals surface area contributed by atoms with Crippen LogP contribution in [0.1, 0.15) is 16.2 Å². The summed E-state index contributed by atoms with van der Waals surface area (Å²) in [5, 5.41) is 9.98. The predicted octanol–water partition coefficient (Wildman–Crippen LogP) is 0.573. The Bertz CT molecular complexity index is 976. The van der Waals surface area contributed by atoms with Crippen LogP contribution in [0.3, 0.4) is 0 Å². The molecule has 25 heavy (non-hydrogen) atoms. The number of nitrogens with one attached hydrogen (secondary N) is 2. The average molecular weight is 340 g/mol. The Morgan fingerprint density at radius 3 is 2.60 bits per heavy atom. The van der Waals surface area contributed by atoms with E-state index in [1.54, 1.807) is 36.4 Å². The van der Waals surface area contributed by atoms with Gasteiger partial charge < -0.3 is 15.1 Å². The number of carbonyl (C=O) groups is 2. The van der Waals surface area contributed by atoms with Gasteiger partial charge in [0.05, 0.1) is 24.7 Å². The predicted molar refractivity (Wildman–Crippen MR) is 89.9 cm³/mol. The van der Waals surface area contributed by atoms with Gasteiger partial charge in [-0.15, -0.1) is 0 Å². The van der Waals surface area contributed by atoms with E-state index >= 15 is 0 Å². The molecule has 2 amide bonds. The van der Waals surface area contributed by atoms with Gasteiger partial charge in [-0.3, -0.25) is 14.4 Å². The Hall–Kier alpha value is -3.42. The number of furan rings is 1. The van der Waals surface area contributed by atoms with Crippen molar-refractivity contribution in [3.05, 3.63) is 64.5 Å². The Kier molecular flexibility index (Phi) is 4.60. The summed E-state index contributed by atoms with van der Waals surface area (Å²) in [4.78, 5) is 36.3. The second kappa shape index (κ2) is 7.00. The minimum atomic E-state index is -0.528. The molecule has 8 nitrogen and oxygen atoms in total. The molecule has 0 aliphatic rings. The summed E-state index contributed by atoms with van der Waals surface area (Å²) in [5.74, 6) is -0.274. The smallest absolute Gasteiger partial charge is 0.274 e. The van der Waals surface area contributed by atoms with Gasteiger partial charge in [-0.25, -0.2) is 4.68 Å². The molecule has 3 rings (SSSR count). The summed E-state index contributed by atoms with van der Waals surface area (Å²) >= 11 is 0. The van der Waals surface area contributed by atoms with Gasteiger partial charge in [0.2, 0.25) is 5.91 Å². The van der Waals surface area contributed by atoms with E-state index in [0.717, 1.165) is 4.68 Å². The van der Waals surface area contributed by atoms with Crippen LogP contribution in [0.5, 0.6) is 0 Å². The van der Waals surface area contributed by atoms with E-state index in [4.69, 9.17) is 4.42 Å². The van der Waals surface area contributed by atoms with E-state index in [0.29, 0.717) is 16.5 Å². The first-order valence-corrected chi connectivity index (χ1v) is 7.59. The van der Waals surface area contributed by atoms with Crippen LogP contribution in [-0.4, -0.2) is 28.1 Å². The molecule has 0 spiro atoms. The molecule has 0 bridgehead atoms. The number of nitrogens with zero attached hydrogens (tertiary/aromatic N) is 2. The molecular weight excluding hydrogens is 324 g/mol. The number of rotatable bonds is 5. The number of fused-ring (bicyclic) bond motifs is 1. The summed E-state index contributed by atoms with van der Waals surface area (Å²) in [6, 6.07) is 10.2. The maximum Gasteiger partial charge on any atom is 0.274 e. The number of hydrogen-bond acceptors (Lipinski definition) is 5. The van der Waals surface area contributed by atoms with Crippen molar-refractivity contribution in [2.75, 3.05) is 6.54 Å². The Morgan fingerprint density at radius 1 is 1.12 bits per heavy atom. The van der Waals surface area contributed by atoms with Gasteiger partial charge in [-0.1, -0.05) is 18.2 Å². The third-order valence-corrected chi connectivity index (χ3v) is 3.62. The molecule has 0 saturated carbocycles. The van der Waals surface area contributed by atoms with Crippen molar-refractivity contribution < 1.29 is 14.0 Å². The fraction of sp³-hybridized carbons (Fsp3) is 0.176. The molecule has 0 radical (unpaired) electrons. The summed E-state index contributed by atoms with van der Waals surface area (Å²) in [7, 11) is 1.47. The van der Waals surface area contributed by atoms with E-state index in [1.807, 2.05) is 0 Å². The number of carbonyl (C=O) groups excluding carboxylic acids is 2. The van der Waals surface area contributed by atoms with Crippen molar-refractivity contribution in [1.82, 2.24) is 20.4 Å². The Labute approximate surface area is 142 Å². The molecule has 0 unspecified atom stereocenters. The zero-order chi connectivity index (χ0) is 17.8. The maximum absolute atomic E-state index is 12.4. The highest BCUT2D eigenvalue weighted by atomic mass is 16.3. The second-order valence-electron chi connectivity index (χ2n) is 5.36. The van der Waals surface area contributed by atoms with Crippen LogP contribution in [0.4, 0.5) is 0 Å². The molecule has 0 atom stereocenters. The maximum atomic E-state index is 12.4. The van der Waals surface area contributed by atoms with Crippen LogP contribution >= 0.6 is 0 Å². The van der Waals surface area contributed by atoms with Crippen LogP contribution < -0.4 is 16.2 Å². The largest absolute Gasteiger partial charge is 0.467 e. The van der Waals surface area contributed by atoms with Crippen molar-refractivity contribution in [2.45, 2.75) is 6.54 Å². The van der Waals surface area contributed by atoms with E-state index in [9.17, 15) is 14.4 Å². The zero-order valence-corrected chi connectivity index (χ0v) is 13.5. The molecule has 1 aromatic carbocycles. The van der Waals surface area contributed by atoms with Crippen molar-refractivity contribution >= 4 is 22.6 Å². The van der Waals surface area contributed by atoms with E-state index in [2.05, 4.69) is 15.7 Å². The second-order valence-corrected chi connectivity index (χ2v) is 5.36. The fourth-order valence-corrected chi connectivity index (χ4v) is 2.37. The average Bonchev–Trinajstić information content (AvgIpc) is 3.14. The summed E-state index contributed by atoms with van der Waals surface area (Å²) in [6.45, 7) is 0.0289. The summed E-state index contributed by atoms with van der Waals surface area (Å²) in [5.41, 5.74) is -0.195. The standard InChI is InChI=1S/C17H16N4O4/c1-21-17(24)13-7-3-2-6-12(13)15(20-21)16(23)19-10-14(22)18-9-11-5-4-8-25-11/h2-8H,9-10H2,1H3,(H,18,22)(H,19,23). The highest BCUT2D eigenvalue weighted by Crippen LogP contribution is 2.12. The van der Waals surface area contributed by atoms with Crippen molar-refractivity contribution in [2.24, 2.45) is 7.05 Å². The first-order chi connectivity index (χ1) is 12.1. The highest BCUT2D eigenvalue weighted by molar-refractivity contribution is 6.05. The molecular formula is C17H16N4O4. The quantitative estimate of drug-likeness (QED) is 0.706. The number of benzene rings is 1. The third-order valence-electron chi connectivity index (χ3n) is 3.62. The molecule has 0 saturated heterocycles. The van der Waals surface area contributed by atoms with Crippen molar-refractivity contribution in [1.29, 1.82) is 0 Å². The van der Waals surface area contributed by atoms with Gasteiger partial charge in [0.15, 0.2) is 5.69 Å². The molecule has 0 aliphatic carbocycles. The lowest BCUT2D eigenvalue weighted by molar-refractivity contribution is -0.120. The number of amides is 2. The monoisotopic (exact) mass is 340 g/mol. The first kappa shape index (κ1) is 16.4. The Balaban J connectivity index is 1.69. The lowest BCUT2D eigenvalue weighted by Gasteiger charge is -2.09. The van der Waals surface area contributed by atoms with Gasteiger partial charge in [0, 0.05) is 12.4 Å². The lowest BCUT2D eigenvalue weighted by Crippen LogP contribution is -2.37. The van der Waals surface area contributed by atoms with E-state index in [1.165, 1.54) is 13.3 Å². The summed E-state index contributed by atoms with van der Waals surface area (Å²) < 4.78 is 6.21. The van der Waals surface area contributed by atoms with Crippen molar-refractivity contribution in [3.8, 4) is 0 Å². The number of aromatic nitrogens is 2. The van der Waals surface area contributed by atoms with Crippen LogP contribution in [0.25, 0.3) is 10.8 Å². The number of hydrogen-bond donors (Lipinski definition) is 2. The van der Waals surface area contributed by atoms with Crippen LogP contribution in [0.2, 0.25) is 0 Å². The third kappa shape index (κ3) is 3.57. The van der Waals surface area contributed by atoms with Crippen LogP contribution in [0.15, 0.2) is 51.9 Å².